The van der Waals surface area contributed by atoms with Gasteiger partial charge in [0.05, 0.1) is 22.7 Å². The first-order valence-electron chi connectivity index (χ1n) is 5.47. The van der Waals surface area contributed by atoms with E-state index in [0.29, 0.717) is 11.3 Å². The van der Waals surface area contributed by atoms with E-state index in [4.69, 9.17) is 16.7 Å². The number of rotatable bonds is 4. The van der Waals surface area contributed by atoms with Crippen molar-refractivity contribution in [3.8, 4) is 5.69 Å². The molecule has 0 radical (unpaired) electrons. The average molecular weight is 297 g/mol. The largest absolute Gasteiger partial charge is 0.481 e. The third-order valence-corrected chi connectivity index (χ3v) is 2.96. The van der Waals surface area contributed by atoms with Crippen molar-refractivity contribution < 1.29 is 14.8 Å². The molecule has 1 aromatic carbocycles. The fourth-order valence-corrected chi connectivity index (χ4v) is 1.89. The Morgan fingerprint density at radius 1 is 1.55 bits per heavy atom. The van der Waals surface area contributed by atoms with E-state index in [2.05, 4.69) is 10.3 Å². The first kappa shape index (κ1) is 13.9. The van der Waals surface area contributed by atoms with E-state index in [1.807, 2.05) is 0 Å². The summed E-state index contributed by atoms with van der Waals surface area (Å²) < 4.78 is 1.21. The molecule has 2 rings (SSSR count). The van der Waals surface area contributed by atoms with Gasteiger partial charge < -0.3 is 5.11 Å². The number of aromatic nitrogens is 3. The van der Waals surface area contributed by atoms with Gasteiger partial charge in [0.2, 0.25) is 0 Å². The fraction of sp³-hybridized carbons (Fsp3) is 0.182. The van der Waals surface area contributed by atoms with E-state index in [9.17, 15) is 14.9 Å². The van der Waals surface area contributed by atoms with E-state index in [-0.39, 0.29) is 23.0 Å². The number of nitro groups is 1. The Hall–Kier alpha value is -2.48. The van der Waals surface area contributed by atoms with Crippen LogP contribution in [0.25, 0.3) is 5.69 Å². The summed E-state index contributed by atoms with van der Waals surface area (Å²) >= 11 is 5.80. The van der Waals surface area contributed by atoms with Gasteiger partial charge in [-0.15, -0.1) is 5.10 Å². The topological polar surface area (TPSA) is 111 Å². The quantitative estimate of drug-likeness (QED) is 0.679. The third-order valence-electron chi connectivity index (χ3n) is 2.67. The molecule has 0 saturated heterocycles. The van der Waals surface area contributed by atoms with Gasteiger partial charge in [-0.2, -0.15) is 0 Å². The molecule has 9 heteroatoms. The lowest BCUT2D eigenvalue weighted by molar-refractivity contribution is -0.384. The Bertz CT molecular complexity index is 698. The lowest BCUT2D eigenvalue weighted by atomic mass is 10.1. The van der Waals surface area contributed by atoms with Gasteiger partial charge in [-0.05, 0) is 12.5 Å². The zero-order valence-corrected chi connectivity index (χ0v) is 11.0. The molecule has 104 valence electrons. The van der Waals surface area contributed by atoms with Crippen LogP contribution in [0.5, 0.6) is 0 Å². The minimum absolute atomic E-state index is 0.0432. The molecule has 0 fully saturated rings. The second kappa shape index (κ2) is 5.25. The summed E-state index contributed by atoms with van der Waals surface area (Å²) in [7, 11) is 0. The summed E-state index contributed by atoms with van der Waals surface area (Å²) in [5, 5.41) is 27.0. The van der Waals surface area contributed by atoms with Gasteiger partial charge in [0, 0.05) is 12.1 Å². The Morgan fingerprint density at radius 2 is 2.25 bits per heavy atom. The van der Waals surface area contributed by atoms with Crippen molar-refractivity contribution in [2.75, 3.05) is 0 Å². The predicted octanol–water partition coefficient (Wildman–Crippen LogP) is 1.76. The van der Waals surface area contributed by atoms with Crippen LogP contribution in [-0.4, -0.2) is 31.0 Å². The molecule has 1 aromatic heterocycles. The highest BCUT2D eigenvalue weighted by molar-refractivity contribution is 6.30. The van der Waals surface area contributed by atoms with Crippen LogP contribution in [-0.2, 0) is 11.2 Å². The standard InChI is InChI=1S/C11H9ClN4O4/c1-6-2-3-7(16(19)20)4-8(6)15-9(5-10(17)18)11(12)13-14-15/h2-4H,5H2,1H3,(H,17,18). The number of benzene rings is 1. The first-order chi connectivity index (χ1) is 9.40. The van der Waals surface area contributed by atoms with Gasteiger partial charge in [0.1, 0.15) is 0 Å². The van der Waals surface area contributed by atoms with Crippen LogP contribution in [0.15, 0.2) is 18.2 Å². The van der Waals surface area contributed by atoms with Crippen molar-refractivity contribution in [2.45, 2.75) is 13.3 Å². The van der Waals surface area contributed by atoms with Crippen LogP contribution < -0.4 is 0 Å². The highest BCUT2D eigenvalue weighted by Gasteiger charge is 2.19. The number of nitro benzene ring substituents is 1. The minimum Gasteiger partial charge on any atom is -0.481 e. The maximum atomic E-state index is 10.8. The number of nitrogens with zero attached hydrogens (tertiary/aromatic N) is 4. The molecule has 0 aliphatic rings. The van der Waals surface area contributed by atoms with Crippen molar-refractivity contribution in [3.05, 3.63) is 44.7 Å². The van der Waals surface area contributed by atoms with E-state index in [1.54, 1.807) is 13.0 Å². The minimum atomic E-state index is -1.10. The summed E-state index contributed by atoms with van der Waals surface area (Å²) in [6, 6.07) is 4.20. The first-order valence-corrected chi connectivity index (χ1v) is 5.85. The lowest BCUT2D eigenvalue weighted by Crippen LogP contribution is -2.09. The number of carboxylic acids is 1. The monoisotopic (exact) mass is 296 g/mol. The molecule has 0 atom stereocenters. The zero-order valence-electron chi connectivity index (χ0n) is 10.3. The third kappa shape index (κ3) is 2.59. The predicted molar refractivity (Wildman–Crippen MR) is 69.1 cm³/mol. The number of halogens is 1. The van der Waals surface area contributed by atoms with Gasteiger partial charge in [-0.25, -0.2) is 4.68 Å². The lowest BCUT2D eigenvalue weighted by Gasteiger charge is -2.08. The highest BCUT2D eigenvalue weighted by atomic mass is 35.5. The van der Waals surface area contributed by atoms with Crippen molar-refractivity contribution >= 4 is 23.3 Å². The van der Waals surface area contributed by atoms with Gasteiger partial charge in [-0.1, -0.05) is 22.9 Å². The Balaban J connectivity index is 2.59. The summed E-state index contributed by atoms with van der Waals surface area (Å²) in [6.07, 6.45) is -0.381. The molecule has 8 nitrogen and oxygen atoms in total. The molecule has 0 aliphatic carbocycles. The zero-order chi connectivity index (χ0) is 14.9. The molecule has 1 N–H and O–H groups in total. The molecule has 0 saturated carbocycles. The number of aliphatic carboxylic acids is 1. The van der Waals surface area contributed by atoms with Crippen LogP contribution in [0.2, 0.25) is 5.15 Å². The van der Waals surface area contributed by atoms with Crippen LogP contribution in [0.3, 0.4) is 0 Å². The SMILES string of the molecule is Cc1ccc([N+](=O)[O-])cc1-n1nnc(Cl)c1CC(=O)O. The number of non-ortho nitro benzene ring substituents is 1. The number of hydrogen-bond acceptors (Lipinski definition) is 5. The van der Waals surface area contributed by atoms with E-state index < -0.39 is 10.9 Å². The average Bonchev–Trinajstić information content (AvgIpc) is 2.71. The summed E-state index contributed by atoms with van der Waals surface area (Å²) in [5.41, 5.74) is 1.10. The summed E-state index contributed by atoms with van der Waals surface area (Å²) in [6.45, 7) is 1.72. The van der Waals surface area contributed by atoms with Crippen molar-refractivity contribution in [1.29, 1.82) is 0 Å². The van der Waals surface area contributed by atoms with Crippen LogP contribution in [0.4, 0.5) is 5.69 Å². The Labute approximate surface area is 117 Å². The fourth-order valence-electron chi connectivity index (χ4n) is 1.71. The van der Waals surface area contributed by atoms with Crippen LogP contribution in [0.1, 0.15) is 11.3 Å². The van der Waals surface area contributed by atoms with E-state index in [1.165, 1.54) is 16.8 Å². The molecular formula is C11H9ClN4O4. The number of carbonyl (C=O) groups is 1. The Kier molecular flexibility index (Phi) is 3.66. The molecule has 20 heavy (non-hydrogen) atoms. The molecule has 0 bridgehead atoms. The molecule has 0 unspecified atom stereocenters. The van der Waals surface area contributed by atoms with Crippen molar-refractivity contribution in [3.63, 3.8) is 0 Å². The van der Waals surface area contributed by atoms with Gasteiger partial charge in [0.25, 0.3) is 5.69 Å². The van der Waals surface area contributed by atoms with E-state index >= 15 is 0 Å². The smallest absolute Gasteiger partial charge is 0.309 e. The second-order valence-electron chi connectivity index (χ2n) is 4.04. The number of carboxylic acid groups (broad SMARTS) is 1. The molecule has 1 heterocycles. The molecule has 0 spiro atoms. The Morgan fingerprint density at radius 3 is 2.85 bits per heavy atom. The summed E-state index contributed by atoms with van der Waals surface area (Å²) in [5.74, 6) is -1.10. The van der Waals surface area contributed by atoms with Crippen molar-refractivity contribution in [2.24, 2.45) is 0 Å². The van der Waals surface area contributed by atoms with E-state index in [0.717, 1.165) is 0 Å². The van der Waals surface area contributed by atoms with Gasteiger partial charge >= 0.3 is 5.97 Å². The normalized spacial score (nSPS) is 10.5. The maximum absolute atomic E-state index is 10.8. The van der Waals surface area contributed by atoms with Gasteiger partial charge in [-0.3, -0.25) is 14.9 Å². The molecule has 2 aromatic rings. The van der Waals surface area contributed by atoms with Gasteiger partial charge in [0.15, 0.2) is 5.15 Å². The van der Waals surface area contributed by atoms with Crippen LogP contribution >= 0.6 is 11.6 Å². The second-order valence-corrected chi connectivity index (χ2v) is 4.40. The molecule has 0 amide bonds. The van der Waals surface area contributed by atoms with Crippen molar-refractivity contribution in [1.82, 2.24) is 15.0 Å². The number of aryl methyl sites for hydroxylation is 1. The highest BCUT2D eigenvalue weighted by Crippen LogP contribution is 2.24. The molecular weight excluding hydrogens is 288 g/mol. The maximum Gasteiger partial charge on any atom is 0.309 e. The summed E-state index contributed by atoms with van der Waals surface area (Å²) in [4.78, 5) is 21.1. The molecule has 0 aliphatic heterocycles. The van der Waals surface area contributed by atoms with Crippen LogP contribution in [0, 0.1) is 17.0 Å². The number of hydrogen-bond donors (Lipinski definition) is 1.